The second-order valence-corrected chi connectivity index (χ2v) is 7.68. The van der Waals surface area contributed by atoms with Crippen molar-refractivity contribution in [3.05, 3.63) is 0 Å². The molecule has 0 atom stereocenters. The minimum Gasteiger partial charge on any atom is -0.330 e. The average molecular weight is 289 g/mol. The zero-order chi connectivity index (χ0) is 13.7. The average Bonchev–Trinajstić information content (AvgIpc) is 2.38. The highest BCUT2D eigenvalue weighted by Crippen LogP contribution is 2.22. The van der Waals surface area contributed by atoms with E-state index in [1.54, 1.807) is 8.61 Å². The highest BCUT2D eigenvalue weighted by atomic mass is 32.2. The molecule has 2 heterocycles. The molecule has 0 aliphatic carbocycles. The molecule has 2 N–H and O–H groups in total. The zero-order valence-electron chi connectivity index (χ0n) is 11.8. The molecule has 0 saturated carbocycles. The molecule has 0 bridgehead atoms. The van der Waals surface area contributed by atoms with Crippen LogP contribution < -0.4 is 5.73 Å². The minimum absolute atomic E-state index is 0.499. The van der Waals surface area contributed by atoms with Gasteiger partial charge in [-0.3, -0.25) is 0 Å². The molecule has 19 heavy (non-hydrogen) atoms. The summed E-state index contributed by atoms with van der Waals surface area (Å²) in [7, 11) is -3.23. The predicted molar refractivity (Wildman–Crippen MR) is 76.9 cm³/mol. The van der Waals surface area contributed by atoms with Crippen molar-refractivity contribution in [3.8, 4) is 0 Å². The molecule has 2 saturated heterocycles. The van der Waals surface area contributed by atoms with Gasteiger partial charge in [-0.1, -0.05) is 19.3 Å². The molecule has 2 aliphatic rings. The number of hydrogen-bond acceptors (Lipinski definition) is 3. The first kappa shape index (κ1) is 15.2. The number of nitrogens with zero attached hydrogens (tertiary/aromatic N) is 2. The van der Waals surface area contributed by atoms with Crippen LogP contribution in [0.4, 0.5) is 0 Å². The molecule has 2 fully saturated rings. The molecule has 2 aliphatic heterocycles. The quantitative estimate of drug-likeness (QED) is 0.848. The van der Waals surface area contributed by atoms with Crippen molar-refractivity contribution in [2.75, 3.05) is 32.7 Å². The Hall–Kier alpha value is -0.170. The third-order valence-electron chi connectivity index (χ3n) is 4.37. The Bertz CT molecular complexity index is 356. The van der Waals surface area contributed by atoms with Gasteiger partial charge in [0.2, 0.25) is 0 Å². The van der Waals surface area contributed by atoms with Gasteiger partial charge in [0.25, 0.3) is 10.2 Å². The van der Waals surface area contributed by atoms with Crippen LogP contribution >= 0.6 is 0 Å². The van der Waals surface area contributed by atoms with E-state index in [9.17, 15) is 8.42 Å². The SMILES string of the molecule is NCC1CCN(S(=O)(=O)N2CCCCCCC2)CC1. The fourth-order valence-corrected chi connectivity index (χ4v) is 4.71. The van der Waals surface area contributed by atoms with Gasteiger partial charge in [-0.25, -0.2) is 0 Å². The number of nitrogens with two attached hydrogens (primary N) is 1. The number of rotatable bonds is 3. The standard InChI is InChI=1S/C13H27N3O2S/c14-12-13-6-10-16(11-7-13)19(17,18)15-8-4-2-1-3-5-9-15/h13H,1-12,14H2. The smallest absolute Gasteiger partial charge is 0.281 e. The van der Waals surface area contributed by atoms with Gasteiger partial charge in [-0.2, -0.15) is 17.0 Å². The maximum Gasteiger partial charge on any atom is 0.281 e. The van der Waals surface area contributed by atoms with E-state index >= 15 is 0 Å². The zero-order valence-corrected chi connectivity index (χ0v) is 12.6. The van der Waals surface area contributed by atoms with Crippen LogP contribution in [-0.4, -0.2) is 49.8 Å². The van der Waals surface area contributed by atoms with Gasteiger partial charge in [0.1, 0.15) is 0 Å². The third-order valence-corrected chi connectivity index (χ3v) is 6.41. The lowest BCUT2D eigenvalue weighted by Gasteiger charge is -2.35. The molecule has 6 heteroatoms. The first-order chi connectivity index (χ1) is 9.14. The Labute approximate surface area is 117 Å². The maximum absolute atomic E-state index is 12.6. The Morgan fingerprint density at radius 2 is 1.32 bits per heavy atom. The van der Waals surface area contributed by atoms with Crippen molar-refractivity contribution in [1.82, 2.24) is 8.61 Å². The molecule has 0 aromatic heterocycles. The van der Waals surface area contributed by atoms with Gasteiger partial charge in [-0.15, -0.1) is 0 Å². The maximum atomic E-state index is 12.6. The van der Waals surface area contributed by atoms with E-state index in [2.05, 4.69) is 0 Å². The topological polar surface area (TPSA) is 66.6 Å². The van der Waals surface area contributed by atoms with Crippen LogP contribution in [0.2, 0.25) is 0 Å². The number of hydrogen-bond donors (Lipinski definition) is 1. The van der Waals surface area contributed by atoms with E-state index in [0.717, 1.165) is 38.5 Å². The summed E-state index contributed by atoms with van der Waals surface area (Å²) in [5.74, 6) is 0.499. The van der Waals surface area contributed by atoms with Crippen LogP contribution in [0.3, 0.4) is 0 Å². The molecule has 2 rings (SSSR count). The van der Waals surface area contributed by atoms with Crippen LogP contribution in [0.5, 0.6) is 0 Å². The summed E-state index contributed by atoms with van der Waals surface area (Å²) in [6.45, 7) is 3.34. The summed E-state index contributed by atoms with van der Waals surface area (Å²) >= 11 is 0. The molecular weight excluding hydrogens is 262 g/mol. The summed E-state index contributed by atoms with van der Waals surface area (Å²) in [4.78, 5) is 0. The van der Waals surface area contributed by atoms with Crippen molar-refractivity contribution < 1.29 is 8.42 Å². The van der Waals surface area contributed by atoms with Crippen molar-refractivity contribution in [2.45, 2.75) is 44.9 Å². The molecule has 0 aromatic rings. The van der Waals surface area contributed by atoms with Gasteiger partial charge in [0.05, 0.1) is 0 Å². The molecule has 5 nitrogen and oxygen atoms in total. The summed E-state index contributed by atoms with van der Waals surface area (Å²) in [6, 6.07) is 0. The Morgan fingerprint density at radius 1 is 0.842 bits per heavy atom. The van der Waals surface area contributed by atoms with Crippen LogP contribution in [0.25, 0.3) is 0 Å². The van der Waals surface area contributed by atoms with Crippen LogP contribution in [-0.2, 0) is 10.2 Å². The second kappa shape index (κ2) is 7.02. The first-order valence-corrected chi connectivity index (χ1v) is 8.99. The fourth-order valence-electron chi connectivity index (χ4n) is 2.99. The lowest BCUT2D eigenvalue weighted by molar-refractivity contribution is 0.252. The highest BCUT2D eigenvalue weighted by Gasteiger charge is 2.32. The Kier molecular flexibility index (Phi) is 5.62. The molecule has 0 radical (unpaired) electrons. The Morgan fingerprint density at radius 3 is 1.84 bits per heavy atom. The first-order valence-electron chi connectivity index (χ1n) is 7.60. The molecule has 0 aromatic carbocycles. The molecule has 0 spiro atoms. The van der Waals surface area contributed by atoms with E-state index in [1.165, 1.54) is 6.42 Å². The van der Waals surface area contributed by atoms with Crippen molar-refractivity contribution in [2.24, 2.45) is 11.7 Å². The van der Waals surface area contributed by atoms with Gasteiger partial charge in [0, 0.05) is 26.2 Å². The fraction of sp³-hybridized carbons (Fsp3) is 1.00. The second-order valence-electron chi connectivity index (χ2n) is 5.75. The van der Waals surface area contributed by atoms with Crippen molar-refractivity contribution in [3.63, 3.8) is 0 Å². The summed E-state index contributed by atoms with van der Waals surface area (Å²) in [5, 5.41) is 0. The van der Waals surface area contributed by atoms with E-state index in [-0.39, 0.29) is 0 Å². The largest absolute Gasteiger partial charge is 0.330 e. The van der Waals surface area contributed by atoms with Crippen molar-refractivity contribution in [1.29, 1.82) is 0 Å². The van der Waals surface area contributed by atoms with Crippen LogP contribution in [0.1, 0.15) is 44.9 Å². The molecular formula is C13H27N3O2S. The molecule has 0 unspecified atom stereocenters. The van der Waals surface area contributed by atoms with E-state index in [1.807, 2.05) is 0 Å². The van der Waals surface area contributed by atoms with Crippen LogP contribution in [0.15, 0.2) is 0 Å². The van der Waals surface area contributed by atoms with Crippen LogP contribution in [0, 0.1) is 5.92 Å². The highest BCUT2D eigenvalue weighted by molar-refractivity contribution is 7.86. The predicted octanol–water partition coefficient (Wildman–Crippen LogP) is 1.17. The lowest BCUT2D eigenvalue weighted by atomic mass is 9.99. The van der Waals surface area contributed by atoms with Gasteiger partial charge < -0.3 is 5.73 Å². The van der Waals surface area contributed by atoms with E-state index in [4.69, 9.17) is 5.73 Å². The monoisotopic (exact) mass is 289 g/mol. The lowest BCUT2D eigenvalue weighted by Crippen LogP contribution is -2.48. The molecule has 0 amide bonds. The summed E-state index contributed by atoms with van der Waals surface area (Å²) in [6.07, 6.45) is 7.36. The van der Waals surface area contributed by atoms with E-state index < -0.39 is 10.2 Å². The third kappa shape index (κ3) is 3.90. The minimum atomic E-state index is -3.23. The van der Waals surface area contributed by atoms with Gasteiger partial charge >= 0.3 is 0 Å². The Balaban J connectivity index is 1.96. The summed E-state index contributed by atoms with van der Waals surface area (Å²) in [5.41, 5.74) is 5.66. The van der Waals surface area contributed by atoms with E-state index in [0.29, 0.717) is 38.6 Å². The van der Waals surface area contributed by atoms with Gasteiger partial charge in [0.15, 0.2) is 0 Å². The normalized spacial score (nSPS) is 25.9. The van der Waals surface area contributed by atoms with Crippen molar-refractivity contribution >= 4 is 10.2 Å². The number of piperidine rings is 1. The summed E-state index contributed by atoms with van der Waals surface area (Å²) < 4.78 is 28.6. The van der Waals surface area contributed by atoms with Gasteiger partial charge in [-0.05, 0) is 38.1 Å². The molecule has 112 valence electrons.